The minimum atomic E-state index is -0.469. The molecule has 2 aromatic heterocycles. The Morgan fingerprint density at radius 2 is 2.12 bits per heavy atom. The molecule has 1 aliphatic heterocycles. The number of thiophene rings is 1. The van der Waals surface area contributed by atoms with Gasteiger partial charge in [-0.2, -0.15) is 0 Å². The van der Waals surface area contributed by atoms with Crippen LogP contribution in [0.5, 0.6) is 5.75 Å². The van der Waals surface area contributed by atoms with Gasteiger partial charge in [0.25, 0.3) is 0 Å². The summed E-state index contributed by atoms with van der Waals surface area (Å²) in [6, 6.07) is 13.1. The number of aromatic nitrogens is 1. The highest BCUT2D eigenvalue weighted by atomic mass is 79.9. The van der Waals surface area contributed by atoms with Crippen LogP contribution in [0.4, 0.5) is 0 Å². The van der Waals surface area contributed by atoms with Gasteiger partial charge in [-0.15, -0.1) is 11.3 Å². The molecule has 1 atom stereocenters. The molecule has 1 aliphatic rings. The number of carbonyl (C=O) groups is 1. The molecular formula is C19H13BrClNO2S. The van der Waals surface area contributed by atoms with Gasteiger partial charge in [-0.05, 0) is 35.4 Å². The van der Waals surface area contributed by atoms with E-state index >= 15 is 0 Å². The van der Waals surface area contributed by atoms with Crippen LogP contribution in [0.15, 0.2) is 48.7 Å². The van der Waals surface area contributed by atoms with Gasteiger partial charge < -0.3 is 4.74 Å². The summed E-state index contributed by atoms with van der Waals surface area (Å²) < 4.78 is 5.75. The van der Waals surface area contributed by atoms with Crippen LogP contribution in [0.1, 0.15) is 25.6 Å². The Bertz CT molecular complexity index is 956. The van der Waals surface area contributed by atoms with E-state index in [1.165, 1.54) is 11.3 Å². The molecule has 0 spiro atoms. The molecule has 0 saturated carbocycles. The maximum absolute atomic E-state index is 13.0. The number of hydrogen-bond donors (Lipinski definition) is 0. The lowest BCUT2D eigenvalue weighted by atomic mass is 10.1. The predicted octanol–water partition coefficient (Wildman–Crippen LogP) is 5.72. The summed E-state index contributed by atoms with van der Waals surface area (Å²) in [6.07, 6.45) is 2.50. The molecule has 25 heavy (non-hydrogen) atoms. The molecule has 0 aliphatic carbocycles. The quantitative estimate of drug-likeness (QED) is 0.391. The molecule has 0 saturated heterocycles. The second-order valence-corrected chi connectivity index (χ2v) is 8.04. The van der Waals surface area contributed by atoms with E-state index in [0.717, 1.165) is 33.9 Å². The fraction of sp³-hybridized carbons (Fsp3) is 0.158. The van der Waals surface area contributed by atoms with Gasteiger partial charge >= 0.3 is 0 Å². The van der Waals surface area contributed by atoms with Crippen LogP contribution in [-0.4, -0.2) is 17.4 Å². The van der Waals surface area contributed by atoms with Crippen molar-refractivity contribution in [3.05, 3.63) is 69.7 Å². The van der Waals surface area contributed by atoms with E-state index in [-0.39, 0.29) is 5.78 Å². The molecule has 0 radical (unpaired) electrons. The number of ether oxygens (including phenoxy) is 1. The second-order valence-electron chi connectivity index (χ2n) is 5.66. The smallest absolute Gasteiger partial charge is 0.190 e. The zero-order valence-electron chi connectivity index (χ0n) is 13.0. The van der Waals surface area contributed by atoms with Crippen molar-refractivity contribution in [2.24, 2.45) is 0 Å². The van der Waals surface area contributed by atoms with E-state index in [2.05, 4.69) is 20.9 Å². The highest BCUT2D eigenvalue weighted by molar-refractivity contribution is 9.09. The molecular weight excluding hydrogens is 422 g/mol. The molecule has 126 valence electrons. The van der Waals surface area contributed by atoms with Gasteiger partial charge in [-0.3, -0.25) is 9.78 Å². The van der Waals surface area contributed by atoms with Crippen LogP contribution in [0.3, 0.4) is 0 Å². The predicted molar refractivity (Wildman–Crippen MR) is 104 cm³/mol. The first kappa shape index (κ1) is 16.8. The van der Waals surface area contributed by atoms with E-state index in [1.807, 2.05) is 36.4 Å². The number of fused-ring (bicyclic) bond motifs is 3. The van der Waals surface area contributed by atoms with Gasteiger partial charge in [0.15, 0.2) is 5.78 Å². The molecule has 0 fully saturated rings. The molecule has 3 nitrogen and oxygen atoms in total. The Labute approximate surface area is 162 Å². The average molecular weight is 435 g/mol. The number of carbonyl (C=O) groups excluding carboxylic acids is 1. The van der Waals surface area contributed by atoms with E-state index in [4.69, 9.17) is 16.3 Å². The van der Waals surface area contributed by atoms with Crippen LogP contribution in [0.2, 0.25) is 5.02 Å². The summed E-state index contributed by atoms with van der Waals surface area (Å²) in [5, 5.41) is 0.580. The highest BCUT2D eigenvalue weighted by Crippen LogP contribution is 2.41. The normalized spacial score (nSPS) is 14.0. The first-order chi connectivity index (χ1) is 12.1. The number of rotatable bonds is 3. The second kappa shape index (κ2) is 6.90. The van der Waals surface area contributed by atoms with Crippen LogP contribution >= 0.6 is 38.9 Å². The molecule has 4 rings (SSSR count). The molecule has 3 aromatic rings. The monoisotopic (exact) mass is 433 g/mol. The van der Waals surface area contributed by atoms with Crippen molar-refractivity contribution in [3.8, 4) is 16.3 Å². The lowest BCUT2D eigenvalue weighted by Gasteiger charge is -2.10. The topological polar surface area (TPSA) is 39.2 Å². The number of alkyl halides is 1. The standard InChI is InChI=1S/C19H13BrClNO2S/c20-16(12-4-1-2-5-13(12)21)18(23)15-10-11-7-9-24-14-6-3-8-22-17(14)19(11)25-15/h1-6,8,10,16H,7,9H2. The summed E-state index contributed by atoms with van der Waals surface area (Å²) in [7, 11) is 0. The van der Waals surface area contributed by atoms with E-state index in [9.17, 15) is 4.79 Å². The Balaban J connectivity index is 1.73. The molecule has 0 amide bonds. The Hall–Kier alpha value is -1.69. The van der Waals surface area contributed by atoms with Gasteiger partial charge in [0.05, 0.1) is 16.4 Å². The summed E-state index contributed by atoms with van der Waals surface area (Å²) in [4.78, 5) is 18.7. The van der Waals surface area contributed by atoms with Crippen LogP contribution in [-0.2, 0) is 6.42 Å². The third-order valence-corrected chi connectivity index (χ3v) is 6.53. The minimum absolute atomic E-state index is 0.00423. The Morgan fingerprint density at radius 1 is 1.28 bits per heavy atom. The van der Waals surface area contributed by atoms with Crippen molar-refractivity contribution in [3.63, 3.8) is 0 Å². The lowest BCUT2D eigenvalue weighted by molar-refractivity contribution is 0.0995. The van der Waals surface area contributed by atoms with E-state index in [1.54, 1.807) is 12.3 Å². The maximum Gasteiger partial charge on any atom is 0.190 e. The number of Topliss-reactive ketones (excluding diaryl/α,β-unsaturated/α-hetero) is 1. The fourth-order valence-electron chi connectivity index (χ4n) is 2.83. The highest BCUT2D eigenvalue weighted by Gasteiger charge is 2.26. The lowest BCUT2D eigenvalue weighted by Crippen LogP contribution is -2.06. The zero-order chi connectivity index (χ0) is 17.4. The Kier molecular flexibility index (Phi) is 4.63. The average Bonchev–Trinajstić information content (AvgIpc) is 2.98. The van der Waals surface area contributed by atoms with Gasteiger partial charge in [0.1, 0.15) is 16.3 Å². The summed E-state index contributed by atoms with van der Waals surface area (Å²) >= 11 is 11.2. The molecule has 1 aromatic carbocycles. The van der Waals surface area contributed by atoms with Gasteiger partial charge in [0, 0.05) is 17.6 Å². The van der Waals surface area contributed by atoms with Crippen molar-refractivity contribution >= 4 is 44.7 Å². The van der Waals surface area contributed by atoms with Crippen LogP contribution in [0, 0.1) is 0 Å². The van der Waals surface area contributed by atoms with Crippen LogP contribution in [0.25, 0.3) is 10.6 Å². The molecule has 1 unspecified atom stereocenters. The number of ketones is 1. The van der Waals surface area contributed by atoms with Crippen molar-refractivity contribution in [2.75, 3.05) is 6.61 Å². The fourth-order valence-corrected chi connectivity index (χ4v) is 5.19. The van der Waals surface area contributed by atoms with E-state index < -0.39 is 4.83 Å². The van der Waals surface area contributed by atoms with E-state index in [0.29, 0.717) is 16.5 Å². The Morgan fingerprint density at radius 3 is 2.96 bits per heavy atom. The summed E-state index contributed by atoms with van der Waals surface area (Å²) in [6.45, 7) is 0.582. The third kappa shape index (κ3) is 3.12. The van der Waals surface area contributed by atoms with Crippen molar-refractivity contribution < 1.29 is 9.53 Å². The molecule has 3 heterocycles. The SMILES string of the molecule is O=C(c1cc2c(s1)-c1ncccc1OCC2)C(Br)c1ccccc1Cl. The molecule has 0 N–H and O–H groups in total. The van der Waals surface area contributed by atoms with Gasteiger partial charge in [-0.1, -0.05) is 45.7 Å². The zero-order valence-corrected chi connectivity index (χ0v) is 16.2. The maximum atomic E-state index is 13.0. The van der Waals surface area contributed by atoms with Gasteiger partial charge in [-0.25, -0.2) is 0 Å². The summed E-state index contributed by atoms with van der Waals surface area (Å²) in [5.41, 5.74) is 2.69. The third-order valence-electron chi connectivity index (χ3n) is 4.08. The number of nitrogens with zero attached hydrogens (tertiary/aromatic N) is 1. The first-order valence-electron chi connectivity index (χ1n) is 7.79. The first-order valence-corrected chi connectivity index (χ1v) is 9.90. The number of benzene rings is 1. The molecule has 6 heteroatoms. The largest absolute Gasteiger partial charge is 0.491 e. The van der Waals surface area contributed by atoms with Crippen molar-refractivity contribution in [1.82, 2.24) is 4.98 Å². The number of halogens is 2. The van der Waals surface area contributed by atoms with Crippen molar-refractivity contribution in [1.29, 1.82) is 0 Å². The van der Waals surface area contributed by atoms with Crippen molar-refractivity contribution in [2.45, 2.75) is 11.2 Å². The molecule has 0 bridgehead atoms. The number of pyridine rings is 1. The van der Waals surface area contributed by atoms with Gasteiger partial charge in [0.2, 0.25) is 0 Å². The minimum Gasteiger partial charge on any atom is -0.491 e. The summed E-state index contributed by atoms with van der Waals surface area (Å²) in [5.74, 6) is 0.771. The van der Waals surface area contributed by atoms with Crippen LogP contribution < -0.4 is 4.74 Å². The number of hydrogen-bond acceptors (Lipinski definition) is 4.